The van der Waals surface area contributed by atoms with E-state index in [2.05, 4.69) is 32.2 Å². The highest BCUT2D eigenvalue weighted by Gasteiger charge is 2.22. The number of alkyl halides is 1. The lowest BCUT2D eigenvalue weighted by molar-refractivity contribution is 0.178. The number of para-hydroxylation sites is 1. The van der Waals surface area contributed by atoms with Crippen LogP contribution >= 0.6 is 0 Å². The standard InChI is InChI=1S/C19H20FN7O2/c1-22-29-19(24-11-13-7-8-17(21)23-10-13)18-16(12-28-2)27(26-25-18)15-6-4-3-5-14(15)9-20/h3-8,10H,1,9,11-12H2,2H3,(H2,21,23). The Labute approximate surface area is 166 Å². The van der Waals surface area contributed by atoms with Crippen molar-refractivity contribution in [2.45, 2.75) is 19.8 Å². The zero-order valence-electron chi connectivity index (χ0n) is 15.8. The molecule has 2 heterocycles. The zero-order valence-corrected chi connectivity index (χ0v) is 15.8. The van der Waals surface area contributed by atoms with Gasteiger partial charge in [-0.2, -0.15) is 0 Å². The average Bonchev–Trinajstić information content (AvgIpc) is 3.16. The Bertz CT molecular complexity index is 1000. The second kappa shape index (κ2) is 9.51. The van der Waals surface area contributed by atoms with Gasteiger partial charge in [0.15, 0.2) is 5.69 Å². The number of methoxy groups -OCH3 is 1. The number of benzene rings is 1. The number of nitrogens with two attached hydrogens (primary N) is 1. The molecule has 0 unspecified atom stereocenters. The van der Waals surface area contributed by atoms with Gasteiger partial charge in [-0.15, -0.1) is 5.10 Å². The van der Waals surface area contributed by atoms with Crippen molar-refractivity contribution in [2.24, 2.45) is 10.1 Å². The van der Waals surface area contributed by atoms with E-state index in [1.165, 1.54) is 11.8 Å². The van der Waals surface area contributed by atoms with E-state index in [1.54, 1.807) is 42.6 Å². The molecule has 0 radical (unpaired) electrons. The molecular formula is C19H20FN7O2. The minimum absolute atomic E-state index is 0.104. The number of halogens is 1. The van der Waals surface area contributed by atoms with Crippen molar-refractivity contribution in [1.82, 2.24) is 20.0 Å². The third-order valence-corrected chi connectivity index (χ3v) is 4.01. The van der Waals surface area contributed by atoms with Crippen LogP contribution < -0.4 is 5.73 Å². The first kappa shape index (κ1) is 20.1. The molecule has 29 heavy (non-hydrogen) atoms. The lowest BCUT2D eigenvalue weighted by Gasteiger charge is -2.10. The summed E-state index contributed by atoms with van der Waals surface area (Å²) < 4.78 is 20.2. The van der Waals surface area contributed by atoms with E-state index in [9.17, 15) is 4.39 Å². The van der Waals surface area contributed by atoms with Crippen molar-refractivity contribution in [3.63, 3.8) is 0 Å². The molecule has 3 aromatic rings. The number of hydrogen-bond acceptors (Lipinski definition) is 8. The molecule has 0 amide bonds. The van der Waals surface area contributed by atoms with E-state index in [0.717, 1.165) is 5.56 Å². The van der Waals surface area contributed by atoms with Gasteiger partial charge < -0.3 is 15.3 Å². The summed E-state index contributed by atoms with van der Waals surface area (Å²) in [5, 5.41) is 11.8. The van der Waals surface area contributed by atoms with Gasteiger partial charge in [0, 0.05) is 25.6 Å². The third-order valence-electron chi connectivity index (χ3n) is 4.01. The Kier molecular flexibility index (Phi) is 6.59. The molecule has 150 valence electrons. The smallest absolute Gasteiger partial charge is 0.274 e. The molecule has 0 saturated heterocycles. The number of nitrogens with zero attached hydrogens (tertiary/aromatic N) is 6. The largest absolute Gasteiger partial charge is 0.384 e. The molecular weight excluding hydrogens is 377 g/mol. The molecule has 0 bridgehead atoms. The van der Waals surface area contributed by atoms with Crippen LogP contribution in [0.5, 0.6) is 0 Å². The maximum absolute atomic E-state index is 13.4. The molecule has 2 aromatic heterocycles. The topological polar surface area (TPSA) is 113 Å². The van der Waals surface area contributed by atoms with Crippen LogP contribution in [0.4, 0.5) is 10.2 Å². The Hall–Kier alpha value is -3.66. The minimum atomic E-state index is -0.645. The van der Waals surface area contributed by atoms with Crippen LogP contribution in [0, 0.1) is 0 Å². The van der Waals surface area contributed by atoms with E-state index in [-0.39, 0.29) is 19.0 Å². The van der Waals surface area contributed by atoms with Crippen molar-refractivity contribution < 1.29 is 14.0 Å². The zero-order chi connectivity index (χ0) is 20.6. The molecule has 0 aliphatic heterocycles. The van der Waals surface area contributed by atoms with E-state index >= 15 is 0 Å². The summed E-state index contributed by atoms with van der Waals surface area (Å²) in [6.45, 7) is 3.09. The Morgan fingerprint density at radius 2 is 2.10 bits per heavy atom. The molecule has 9 nitrogen and oxygen atoms in total. The minimum Gasteiger partial charge on any atom is -0.384 e. The number of aromatic nitrogens is 4. The van der Waals surface area contributed by atoms with E-state index in [4.69, 9.17) is 15.3 Å². The first-order valence-electron chi connectivity index (χ1n) is 8.64. The predicted molar refractivity (Wildman–Crippen MR) is 106 cm³/mol. The number of pyridine rings is 1. The van der Waals surface area contributed by atoms with Crippen molar-refractivity contribution in [3.05, 3.63) is 65.1 Å². The maximum Gasteiger partial charge on any atom is 0.274 e. The molecule has 3 rings (SSSR count). The molecule has 1 aromatic carbocycles. The van der Waals surface area contributed by atoms with Gasteiger partial charge in [-0.1, -0.05) is 34.6 Å². The van der Waals surface area contributed by atoms with E-state index in [1.807, 2.05) is 0 Å². The van der Waals surface area contributed by atoms with Gasteiger partial charge in [0.25, 0.3) is 5.90 Å². The summed E-state index contributed by atoms with van der Waals surface area (Å²) >= 11 is 0. The highest BCUT2D eigenvalue weighted by molar-refractivity contribution is 5.93. The number of aliphatic imine (C=N–C) groups is 1. The molecule has 0 atom stereocenters. The fourth-order valence-electron chi connectivity index (χ4n) is 2.66. The van der Waals surface area contributed by atoms with Crippen LogP contribution in [-0.2, 0) is 29.4 Å². The van der Waals surface area contributed by atoms with Crippen LogP contribution in [0.15, 0.2) is 52.7 Å². The summed E-state index contributed by atoms with van der Waals surface area (Å²) in [7, 11) is 1.53. The fourth-order valence-corrected chi connectivity index (χ4v) is 2.66. The van der Waals surface area contributed by atoms with Crippen LogP contribution in [0.2, 0.25) is 0 Å². The van der Waals surface area contributed by atoms with E-state index < -0.39 is 6.67 Å². The van der Waals surface area contributed by atoms with Gasteiger partial charge in [-0.25, -0.2) is 19.0 Å². The van der Waals surface area contributed by atoms with Gasteiger partial charge in [-0.05, 0) is 17.7 Å². The first-order valence-corrected chi connectivity index (χ1v) is 8.64. The second-order valence-electron chi connectivity index (χ2n) is 5.92. The SMILES string of the molecule is C=NOC(=NCc1ccc(N)nc1)c1nnn(-c2ccccc2CF)c1COC. The van der Waals surface area contributed by atoms with Crippen LogP contribution in [0.25, 0.3) is 5.69 Å². The lowest BCUT2D eigenvalue weighted by atomic mass is 10.2. The molecule has 0 fully saturated rings. The summed E-state index contributed by atoms with van der Waals surface area (Å²) in [5.41, 5.74) is 8.28. The van der Waals surface area contributed by atoms with Gasteiger partial charge in [0.1, 0.15) is 18.2 Å². The van der Waals surface area contributed by atoms with Crippen molar-refractivity contribution in [3.8, 4) is 5.69 Å². The number of hydrogen-bond donors (Lipinski definition) is 1. The summed E-state index contributed by atoms with van der Waals surface area (Å²) in [6.07, 6.45) is 1.61. The summed E-state index contributed by atoms with van der Waals surface area (Å²) in [4.78, 5) is 13.7. The Balaban J connectivity index is 2.02. The molecule has 0 aliphatic carbocycles. The van der Waals surface area contributed by atoms with E-state index in [0.29, 0.717) is 28.5 Å². The molecule has 0 saturated carbocycles. The number of rotatable bonds is 8. The monoisotopic (exact) mass is 397 g/mol. The van der Waals surface area contributed by atoms with Crippen molar-refractivity contribution >= 4 is 18.4 Å². The Morgan fingerprint density at radius 1 is 1.28 bits per heavy atom. The number of anilines is 1. The van der Waals surface area contributed by atoms with Gasteiger partial charge >= 0.3 is 0 Å². The number of oxime groups is 1. The summed E-state index contributed by atoms with van der Waals surface area (Å²) in [5.74, 6) is 0.520. The van der Waals surface area contributed by atoms with Gasteiger partial charge in [0.2, 0.25) is 0 Å². The van der Waals surface area contributed by atoms with Gasteiger partial charge in [-0.3, -0.25) is 0 Å². The van der Waals surface area contributed by atoms with Crippen LogP contribution in [0.3, 0.4) is 0 Å². The highest BCUT2D eigenvalue weighted by Crippen LogP contribution is 2.20. The number of nitrogen functional groups attached to an aromatic ring is 1. The molecule has 10 heteroatoms. The molecule has 2 N–H and O–H groups in total. The van der Waals surface area contributed by atoms with Crippen LogP contribution in [0.1, 0.15) is 22.5 Å². The Morgan fingerprint density at radius 3 is 2.79 bits per heavy atom. The normalized spacial score (nSPS) is 11.4. The fraction of sp³-hybridized carbons (Fsp3) is 0.211. The van der Waals surface area contributed by atoms with Gasteiger partial charge in [0.05, 0.1) is 18.8 Å². The maximum atomic E-state index is 13.4. The van der Waals surface area contributed by atoms with Crippen molar-refractivity contribution in [2.75, 3.05) is 12.8 Å². The second-order valence-corrected chi connectivity index (χ2v) is 5.92. The average molecular weight is 397 g/mol. The van der Waals surface area contributed by atoms with Crippen LogP contribution in [-0.4, -0.2) is 39.7 Å². The quantitative estimate of drug-likeness (QED) is 0.355. The molecule has 0 spiro atoms. The predicted octanol–water partition coefficient (Wildman–Crippen LogP) is 2.44. The highest BCUT2D eigenvalue weighted by atomic mass is 19.1. The third kappa shape index (κ3) is 4.61. The lowest BCUT2D eigenvalue weighted by Crippen LogP contribution is -2.11. The van der Waals surface area contributed by atoms with Crippen molar-refractivity contribution in [1.29, 1.82) is 0 Å². The summed E-state index contributed by atoms with van der Waals surface area (Å²) in [6, 6.07) is 10.4. The molecule has 0 aliphatic rings. The first-order chi connectivity index (χ1) is 14.2. The number of ether oxygens (including phenoxy) is 1.